The van der Waals surface area contributed by atoms with Crippen LogP contribution in [-0.4, -0.2) is 17.0 Å². The van der Waals surface area contributed by atoms with E-state index < -0.39 is 0 Å². The fourth-order valence-electron chi connectivity index (χ4n) is 6.48. The van der Waals surface area contributed by atoms with Gasteiger partial charge in [-0.05, 0) is 68.1 Å². The second kappa shape index (κ2) is 4.44. The number of ketones is 1. The Morgan fingerprint density at radius 2 is 1.71 bits per heavy atom. The minimum atomic E-state index is -0.216. The lowest BCUT2D eigenvalue weighted by atomic mass is 9.47. The van der Waals surface area contributed by atoms with Crippen LogP contribution < -0.4 is 0 Å². The number of carbonyl (C=O) groups excluding carboxylic acids is 1. The Labute approximate surface area is 128 Å². The largest absolute Gasteiger partial charge is 0.389 e. The molecule has 0 aromatic heterocycles. The maximum atomic E-state index is 12.4. The van der Waals surface area contributed by atoms with Crippen LogP contribution in [0.4, 0.5) is 0 Å². The average molecular weight is 288 g/mol. The Bertz CT molecular complexity index is 508. The summed E-state index contributed by atoms with van der Waals surface area (Å²) < 4.78 is 0. The van der Waals surface area contributed by atoms with Crippen LogP contribution in [0.25, 0.3) is 0 Å². The van der Waals surface area contributed by atoms with Crippen LogP contribution in [0, 0.1) is 28.6 Å². The molecule has 0 spiro atoms. The zero-order valence-electron chi connectivity index (χ0n) is 13.4. The van der Waals surface area contributed by atoms with Crippen molar-refractivity contribution >= 4 is 5.78 Å². The third kappa shape index (κ3) is 1.78. The van der Waals surface area contributed by atoms with Crippen molar-refractivity contribution in [3.63, 3.8) is 0 Å². The third-order valence-corrected chi connectivity index (χ3v) is 7.80. The standard InChI is InChI=1S/C19H28O2/c1-18-9-7-13(20)11-12(18)3-4-14-15-5-6-17(21)19(15,2)10-8-16(14)18/h11,13-16,20H,3-10H2,1-2H3/t13-,14-,15?,16?,18-,19-/m0/s1. The van der Waals surface area contributed by atoms with Crippen molar-refractivity contribution in [1.29, 1.82) is 0 Å². The highest BCUT2D eigenvalue weighted by Crippen LogP contribution is 2.64. The van der Waals surface area contributed by atoms with Gasteiger partial charge in [0.05, 0.1) is 6.10 Å². The normalized spacial score (nSPS) is 52.7. The molecule has 1 N–H and O–H groups in total. The molecule has 21 heavy (non-hydrogen) atoms. The molecule has 4 aliphatic carbocycles. The molecule has 2 nitrogen and oxygen atoms in total. The predicted octanol–water partition coefficient (Wildman–Crippen LogP) is 3.88. The first-order chi connectivity index (χ1) is 9.95. The first kappa shape index (κ1) is 14.0. The molecule has 0 aromatic carbocycles. The smallest absolute Gasteiger partial charge is 0.139 e. The zero-order valence-corrected chi connectivity index (χ0v) is 13.4. The lowest BCUT2D eigenvalue weighted by Gasteiger charge is -2.57. The maximum Gasteiger partial charge on any atom is 0.139 e. The van der Waals surface area contributed by atoms with Gasteiger partial charge in [0.2, 0.25) is 0 Å². The van der Waals surface area contributed by atoms with Gasteiger partial charge in [0.15, 0.2) is 0 Å². The summed E-state index contributed by atoms with van der Waals surface area (Å²) in [7, 11) is 0. The molecule has 3 fully saturated rings. The highest BCUT2D eigenvalue weighted by molar-refractivity contribution is 5.87. The minimum Gasteiger partial charge on any atom is -0.389 e. The van der Waals surface area contributed by atoms with E-state index in [4.69, 9.17) is 0 Å². The summed E-state index contributed by atoms with van der Waals surface area (Å²) in [5.74, 6) is 2.66. The molecular weight excluding hydrogens is 260 g/mol. The number of rotatable bonds is 0. The van der Waals surface area contributed by atoms with Crippen LogP contribution in [0.15, 0.2) is 11.6 Å². The minimum absolute atomic E-state index is 0.00702. The van der Waals surface area contributed by atoms with Crippen LogP contribution in [0.3, 0.4) is 0 Å². The monoisotopic (exact) mass is 288 g/mol. The van der Waals surface area contributed by atoms with Gasteiger partial charge in [0, 0.05) is 11.8 Å². The highest BCUT2D eigenvalue weighted by atomic mass is 16.3. The van der Waals surface area contributed by atoms with Crippen LogP contribution >= 0.6 is 0 Å². The SMILES string of the molecule is C[C@]12CC[C@H](O)C=C1CC[C@@H]1C2CC[C@]2(C)C(=O)CCC12. The number of fused-ring (bicyclic) bond motifs is 5. The fourth-order valence-corrected chi connectivity index (χ4v) is 6.48. The first-order valence-corrected chi connectivity index (χ1v) is 8.88. The summed E-state index contributed by atoms with van der Waals surface area (Å²) in [6.45, 7) is 4.70. The van der Waals surface area contributed by atoms with E-state index in [0.29, 0.717) is 17.1 Å². The van der Waals surface area contributed by atoms with E-state index in [-0.39, 0.29) is 11.5 Å². The van der Waals surface area contributed by atoms with Gasteiger partial charge in [0.1, 0.15) is 5.78 Å². The number of Topliss-reactive ketones (excluding diaryl/α,β-unsaturated/α-hetero) is 1. The van der Waals surface area contributed by atoms with Crippen LogP contribution in [-0.2, 0) is 4.79 Å². The second-order valence-corrected chi connectivity index (χ2v) is 8.55. The molecule has 0 aliphatic heterocycles. The molecule has 6 atom stereocenters. The molecule has 2 unspecified atom stereocenters. The topological polar surface area (TPSA) is 37.3 Å². The number of carbonyl (C=O) groups is 1. The Kier molecular flexibility index (Phi) is 2.96. The zero-order chi connectivity index (χ0) is 14.8. The van der Waals surface area contributed by atoms with Gasteiger partial charge in [-0.1, -0.05) is 25.5 Å². The van der Waals surface area contributed by atoms with E-state index in [0.717, 1.165) is 50.4 Å². The molecule has 0 amide bonds. The molecule has 0 radical (unpaired) electrons. The second-order valence-electron chi connectivity index (χ2n) is 8.55. The molecule has 0 saturated heterocycles. The van der Waals surface area contributed by atoms with E-state index in [1.165, 1.54) is 18.4 Å². The lowest BCUT2D eigenvalue weighted by Crippen LogP contribution is -2.50. The summed E-state index contributed by atoms with van der Waals surface area (Å²) in [5.41, 5.74) is 1.82. The molecule has 0 heterocycles. The molecule has 4 rings (SSSR count). The van der Waals surface area contributed by atoms with Gasteiger partial charge in [-0.3, -0.25) is 4.79 Å². The van der Waals surface area contributed by atoms with Crippen molar-refractivity contribution in [3.8, 4) is 0 Å². The Hall–Kier alpha value is -0.630. The number of aliphatic hydroxyl groups is 1. The number of hydrogen-bond acceptors (Lipinski definition) is 2. The molecule has 3 saturated carbocycles. The molecular formula is C19H28O2. The summed E-state index contributed by atoms with van der Waals surface area (Å²) in [4.78, 5) is 12.4. The van der Waals surface area contributed by atoms with Gasteiger partial charge >= 0.3 is 0 Å². The highest BCUT2D eigenvalue weighted by Gasteiger charge is 2.58. The summed E-state index contributed by atoms with van der Waals surface area (Å²) in [5, 5.41) is 9.96. The van der Waals surface area contributed by atoms with E-state index in [1.54, 1.807) is 0 Å². The number of allylic oxidation sites excluding steroid dienone is 1. The van der Waals surface area contributed by atoms with Crippen molar-refractivity contribution in [2.75, 3.05) is 0 Å². The van der Waals surface area contributed by atoms with E-state index >= 15 is 0 Å². The third-order valence-electron chi connectivity index (χ3n) is 7.80. The molecule has 0 bridgehead atoms. The molecule has 2 heteroatoms. The Balaban J connectivity index is 1.69. The van der Waals surface area contributed by atoms with E-state index in [9.17, 15) is 9.90 Å². The van der Waals surface area contributed by atoms with Crippen LogP contribution in [0.2, 0.25) is 0 Å². The molecule has 116 valence electrons. The van der Waals surface area contributed by atoms with E-state index in [2.05, 4.69) is 19.9 Å². The van der Waals surface area contributed by atoms with Crippen molar-refractivity contribution in [2.45, 2.75) is 71.3 Å². The fraction of sp³-hybridized carbons (Fsp3) is 0.842. The number of aliphatic hydroxyl groups excluding tert-OH is 1. The predicted molar refractivity (Wildman–Crippen MR) is 82.7 cm³/mol. The maximum absolute atomic E-state index is 12.4. The van der Waals surface area contributed by atoms with Crippen molar-refractivity contribution < 1.29 is 9.90 Å². The Morgan fingerprint density at radius 3 is 2.52 bits per heavy atom. The summed E-state index contributed by atoms with van der Waals surface area (Å²) in [6.07, 6.45) is 10.7. The van der Waals surface area contributed by atoms with Gasteiger partial charge in [0.25, 0.3) is 0 Å². The van der Waals surface area contributed by atoms with Gasteiger partial charge in [-0.15, -0.1) is 0 Å². The van der Waals surface area contributed by atoms with Crippen molar-refractivity contribution in [3.05, 3.63) is 11.6 Å². The lowest BCUT2D eigenvalue weighted by molar-refractivity contribution is -0.132. The molecule has 0 aromatic rings. The van der Waals surface area contributed by atoms with Crippen molar-refractivity contribution in [2.24, 2.45) is 28.6 Å². The van der Waals surface area contributed by atoms with E-state index in [1.807, 2.05) is 0 Å². The average Bonchev–Trinajstić information content (AvgIpc) is 2.76. The van der Waals surface area contributed by atoms with Crippen LogP contribution in [0.1, 0.15) is 65.2 Å². The Morgan fingerprint density at radius 1 is 1.00 bits per heavy atom. The molecule has 4 aliphatic rings. The first-order valence-electron chi connectivity index (χ1n) is 8.88. The van der Waals surface area contributed by atoms with Gasteiger partial charge < -0.3 is 5.11 Å². The number of hydrogen-bond donors (Lipinski definition) is 1. The summed E-state index contributed by atoms with van der Waals surface area (Å²) >= 11 is 0. The van der Waals surface area contributed by atoms with Crippen LogP contribution in [0.5, 0.6) is 0 Å². The van der Waals surface area contributed by atoms with Crippen molar-refractivity contribution in [1.82, 2.24) is 0 Å². The summed E-state index contributed by atoms with van der Waals surface area (Å²) in [6, 6.07) is 0. The van der Waals surface area contributed by atoms with Gasteiger partial charge in [-0.25, -0.2) is 0 Å². The van der Waals surface area contributed by atoms with Gasteiger partial charge in [-0.2, -0.15) is 0 Å². The quantitative estimate of drug-likeness (QED) is 0.687.